The molecule has 2 aromatic carbocycles. The van der Waals surface area contributed by atoms with Gasteiger partial charge in [0.2, 0.25) is 0 Å². The summed E-state index contributed by atoms with van der Waals surface area (Å²) < 4.78 is 0. The van der Waals surface area contributed by atoms with Crippen molar-refractivity contribution in [2.75, 3.05) is 0 Å². The van der Waals surface area contributed by atoms with E-state index < -0.39 is 6.10 Å². The number of aliphatic hydroxyl groups excluding tert-OH is 1. The van der Waals surface area contributed by atoms with Crippen molar-refractivity contribution in [3.63, 3.8) is 0 Å². The number of terminal acetylenes is 1. The van der Waals surface area contributed by atoms with Gasteiger partial charge in [0.15, 0.2) is 5.78 Å². The summed E-state index contributed by atoms with van der Waals surface area (Å²) in [7, 11) is 0. The molecule has 2 heteroatoms. The third kappa shape index (κ3) is 2.32. The van der Waals surface area contributed by atoms with Crippen LogP contribution in [0.3, 0.4) is 0 Å². The van der Waals surface area contributed by atoms with E-state index in [0.717, 1.165) is 0 Å². The summed E-state index contributed by atoms with van der Waals surface area (Å²) in [6, 6.07) is 15.6. The van der Waals surface area contributed by atoms with E-state index in [1.807, 2.05) is 6.07 Å². The van der Waals surface area contributed by atoms with Crippen molar-refractivity contribution in [2.24, 2.45) is 0 Å². The predicted molar refractivity (Wildman–Crippen MR) is 70.1 cm³/mol. The fourth-order valence-electron chi connectivity index (χ4n) is 1.76. The lowest BCUT2D eigenvalue weighted by molar-refractivity contribution is 0.0747. The zero-order chi connectivity index (χ0) is 13.0. The highest BCUT2D eigenvalue weighted by Crippen LogP contribution is 2.20. The summed E-state index contributed by atoms with van der Waals surface area (Å²) in [5.74, 6) is 2.07. The summed E-state index contributed by atoms with van der Waals surface area (Å²) >= 11 is 0. The van der Waals surface area contributed by atoms with Crippen LogP contribution >= 0.6 is 0 Å². The number of carbonyl (C=O) groups excluding carboxylic acids is 1. The molecule has 1 unspecified atom stereocenters. The molecule has 0 fully saturated rings. The minimum Gasteiger partial charge on any atom is -0.380 e. The van der Waals surface area contributed by atoms with Crippen molar-refractivity contribution in [1.82, 2.24) is 0 Å². The number of hydrogen-bond donors (Lipinski definition) is 1. The largest absolute Gasteiger partial charge is 0.380 e. The Bertz CT molecular complexity index is 594. The van der Waals surface area contributed by atoms with E-state index in [1.165, 1.54) is 0 Å². The van der Waals surface area contributed by atoms with Gasteiger partial charge in [-0.05, 0) is 11.6 Å². The second-order valence-corrected chi connectivity index (χ2v) is 3.87. The van der Waals surface area contributed by atoms with Gasteiger partial charge in [0.05, 0.1) is 0 Å². The number of Topliss-reactive ketones (excluding diaryl/α,β-unsaturated/α-hetero) is 1. The number of rotatable bonds is 3. The zero-order valence-electron chi connectivity index (χ0n) is 9.71. The highest BCUT2D eigenvalue weighted by Gasteiger charge is 2.20. The van der Waals surface area contributed by atoms with Crippen molar-refractivity contribution in [3.8, 4) is 12.3 Å². The van der Waals surface area contributed by atoms with Crippen LogP contribution in [0.15, 0.2) is 54.6 Å². The maximum atomic E-state index is 12.2. The molecule has 2 rings (SSSR count). The average molecular weight is 236 g/mol. The summed E-state index contributed by atoms with van der Waals surface area (Å²) in [5, 5.41) is 10.0. The molecule has 0 amide bonds. The van der Waals surface area contributed by atoms with Crippen molar-refractivity contribution in [2.45, 2.75) is 6.10 Å². The van der Waals surface area contributed by atoms with Gasteiger partial charge in [-0.3, -0.25) is 4.79 Å². The van der Waals surface area contributed by atoms with Gasteiger partial charge in [0.25, 0.3) is 0 Å². The monoisotopic (exact) mass is 236 g/mol. The Morgan fingerprint density at radius 1 is 1.06 bits per heavy atom. The van der Waals surface area contributed by atoms with Gasteiger partial charge in [-0.25, -0.2) is 0 Å². The first-order valence-electron chi connectivity index (χ1n) is 5.57. The lowest BCUT2D eigenvalue weighted by Gasteiger charge is -2.11. The normalized spacial score (nSPS) is 11.6. The van der Waals surface area contributed by atoms with E-state index in [9.17, 15) is 9.90 Å². The standard InChI is InChI=1S/C16H12O2/c1-2-12-8-6-7-11-14(12)16(18)15(17)13-9-4-3-5-10-13/h1,3-11,15,17H. The topological polar surface area (TPSA) is 37.3 Å². The van der Waals surface area contributed by atoms with Crippen molar-refractivity contribution >= 4 is 5.78 Å². The van der Waals surface area contributed by atoms with E-state index in [4.69, 9.17) is 6.42 Å². The second kappa shape index (κ2) is 5.31. The zero-order valence-corrected chi connectivity index (χ0v) is 9.71. The highest BCUT2D eigenvalue weighted by atomic mass is 16.3. The fourth-order valence-corrected chi connectivity index (χ4v) is 1.76. The molecule has 0 aliphatic heterocycles. The molecule has 1 N–H and O–H groups in total. The first-order valence-corrected chi connectivity index (χ1v) is 5.57. The van der Waals surface area contributed by atoms with Crippen LogP contribution in [0.25, 0.3) is 0 Å². The molecule has 88 valence electrons. The molecule has 0 aliphatic rings. The first kappa shape index (κ1) is 12.1. The molecule has 18 heavy (non-hydrogen) atoms. The molecule has 0 radical (unpaired) electrons. The number of aliphatic hydroxyl groups is 1. The van der Waals surface area contributed by atoms with Crippen LogP contribution in [0.1, 0.15) is 27.6 Å². The highest BCUT2D eigenvalue weighted by molar-refractivity contribution is 6.01. The fraction of sp³-hybridized carbons (Fsp3) is 0.0625. The lowest BCUT2D eigenvalue weighted by atomic mass is 9.96. The predicted octanol–water partition coefficient (Wildman–Crippen LogP) is 2.58. The summed E-state index contributed by atoms with van der Waals surface area (Å²) in [6.45, 7) is 0. The molecule has 0 saturated heterocycles. The number of carbonyl (C=O) groups is 1. The van der Waals surface area contributed by atoms with Gasteiger partial charge in [0.1, 0.15) is 6.10 Å². The third-order valence-corrected chi connectivity index (χ3v) is 2.71. The molecule has 0 aromatic heterocycles. The molecule has 0 heterocycles. The van der Waals surface area contributed by atoms with Crippen LogP contribution in [-0.4, -0.2) is 10.9 Å². The van der Waals surface area contributed by atoms with E-state index in [-0.39, 0.29) is 5.78 Å². The summed E-state index contributed by atoms with van der Waals surface area (Å²) in [5.41, 5.74) is 1.43. The Labute approximate surface area is 106 Å². The van der Waals surface area contributed by atoms with Gasteiger partial charge in [0, 0.05) is 11.1 Å². The maximum absolute atomic E-state index is 12.2. The van der Waals surface area contributed by atoms with Gasteiger partial charge in [-0.1, -0.05) is 54.5 Å². The van der Waals surface area contributed by atoms with Crippen molar-refractivity contribution in [3.05, 3.63) is 71.3 Å². The third-order valence-electron chi connectivity index (χ3n) is 2.71. The first-order chi connectivity index (χ1) is 8.74. The molecule has 0 bridgehead atoms. The molecule has 0 saturated carbocycles. The molecule has 0 aliphatic carbocycles. The Balaban J connectivity index is 2.35. The quantitative estimate of drug-likeness (QED) is 0.657. The molecular weight excluding hydrogens is 224 g/mol. The number of benzene rings is 2. The smallest absolute Gasteiger partial charge is 0.197 e. The molecule has 0 spiro atoms. The summed E-state index contributed by atoms with van der Waals surface area (Å²) in [6.07, 6.45) is 4.16. The Kier molecular flexibility index (Phi) is 3.57. The number of hydrogen-bond acceptors (Lipinski definition) is 2. The van der Waals surface area contributed by atoms with E-state index in [1.54, 1.807) is 48.5 Å². The van der Waals surface area contributed by atoms with Gasteiger partial charge in [-0.15, -0.1) is 6.42 Å². The van der Waals surface area contributed by atoms with Crippen molar-refractivity contribution < 1.29 is 9.90 Å². The number of ketones is 1. The van der Waals surface area contributed by atoms with Crippen LogP contribution in [-0.2, 0) is 0 Å². The van der Waals surface area contributed by atoms with Gasteiger partial charge < -0.3 is 5.11 Å². The van der Waals surface area contributed by atoms with E-state index >= 15 is 0 Å². The van der Waals surface area contributed by atoms with Crippen LogP contribution in [0.2, 0.25) is 0 Å². The average Bonchev–Trinajstić information content (AvgIpc) is 2.46. The molecule has 1 atom stereocenters. The van der Waals surface area contributed by atoms with Gasteiger partial charge >= 0.3 is 0 Å². The van der Waals surface area contributed by atoms with Crippen LogP contribution in [0, 0.1) is 12.3 Å². The Morgan fingerprint density at radius 2 is 1.67 bits per heavy atom. The molecule has 2 aromatic rings. The van der Waals surface area contributed by atoms with Crippen LogP contribution < -0.4 is 0 Å². The second-order valence-electron chi connectivity index (χ2n) is 3.87. The van der Waals surface area contributed by atoms with E-state index in [0.29, 0.717) is 16.7 Å². The van der Waals surface area contributed by atoms with E-state index in [2.05, 4.69) is 5.92 Å². The van der Waals surface area contributed by atoms with Crippen LogP contribution in [0.5, 0.6) is 0 Å². The maximum Gasteiger partial charge on any atom is 0.197 e. The Morgan fingerprint density at radius 3 is 2.33 bits per heavy atom. The Hall–Kier alpha value is -2.37. The van der Waals surface area contributed by atoms with Crippen molar-refractivity contribution in [1.29, 1.82) is 0 Å². The summed E-state index contributed by atoms with van der Waals surface area (Å²) in [4.78, 5) is 12.2. The lowest BCUT2D eigenvalue weighted by Crippen LogP contribution is -2.13. The molecule has 2 nitrogen and oxygen atoms in total. The minimum atomic E-state index is -1.18. The SMILES string of the molecule is C#Cc1ccccc1C(=O)C(O)c1ccccc1. The van der Waals surface area contributed by atoms with Gasteiger partial charge in [-0.2, -0.15) is 0 Å². The minimum absolute atomic E-state index is 0.372. The molecular formula is C16H12O2. The van der Waals surface area contributed by atoms with Crippen LogP contribution in [0.4, 0.5) is 0 Å².